The van der Waals surface area contributed by atoms with Crippen LogP contribution in [0, 0.1) is 0 Å². The topological polar surface area (TPSA) is 150 Å². The fraction of sp³-hybridized carbons (Fsp3) is 0.750. The third kappa shape index (κ3) is 7.45. The summed E-state index contributed by atoms with van der Waals surface area (Å²) in [5.74, 6) is -3.30. The maximum Gasteiger partial charge on any atom is 0.308 e. The van der Waals surface area contributed by atoms with E-state index in [4.69, 9.17) is 33.2 Å². The monoisotopic (exact) mass is 460 g/mol. The van der Waals surface area contributed by atoms with Gasteiger partial charge in [-0.15, -0.1) is 0 Å². The lowest BCUT2D eigenvalue weighted by Crippen LogP contribution is -2.63. The smallest absolute Gasteiger partial charge is 0.308 e. The summed E-state index contributed by atoms with van der Waals surface area (Å²) in [5, 5.41) is 0. The summed E-state index contributed by atoms with van der Waals surface area (Å²) < 4.78 is 37.8. The number of hydrogen-bond acceptors (Lipinski definition) is 12. The van der Waals surface area contributed by atoms with Crippen LogP contribution in [0.4, 0.5) is 0 Å². The lowest BCUT2D eigenvalue weighted by molar-refractivity contribution is -0.319. The second-order valence-electron chi connectivity index (χ2n) is 7.57. The van der Waals surface area contributed by atoms with E-state index in [2.05, 4.69) is 0 Å². The molecule has 0 aromatic rings. The van der Waals surface area contributed by atoms with Crippen LogP contribution in [-0.2, 0) is 57.1 Å². The van der Waals surface area contributed by atoms with Crippen molar-refractivity contribution in [1.82, 2.24) is 0 Å². The predicted molar refractivity (Wildman–Crippen MR) is 102 cm³/mol. The molecule has 2 heterocycles. The van der Waals surface area contributed by atoms with Crippen LogP contribution >= 0.6 is 0 Å². The van der Waals surface area contributed by atoms with Gasteiger partial charge in [-0.25, -0.2) is 0 Å². The average molecular weight is 460 g/mol. The summed E-state index contributed by atoms with van der Waals surface area (Å²) in [6.07, 6.45) is -7.14. The molecule has 180 valence electrons. The van der Waals surface area contributed by atoms with Gasteiger partial charge in [0.15, 0.2) is 24.6 Å². The Hall–Kier alpha value is -2.73. The highest BCUT2D eigenvalue weighted by molar-refractivity contribution is 5.71. The molecular formula is C20H28O12. The molecule has 0 aromatic heterocycles. The Kier molecular flexibility index (Phi) is 8.96. The lowest BCUT2D eigenvalue weighted by Gasteiger charge is -2.45. The molecular weight excluding hydrogens is 432 g/mol. The SMILES string of the molecule is CC(=O)OC[C@H]1O[C@@H](O[C@@H]2CC(=O)O[C@@H](C)C2)[C@H](OC(C)=O)[C@@H](OC(C)=O)[C@@H]1OC(C)=O. The number of ether oxygens (including phenoxy) is 7. The Morgan fingerprint density at radius 2 is 1.44 bits per heavy atom. The Morgan fingerprint density at radius 3 is 1.97 bits per heavy atom. The highest BCUT2D eigenvalue weighted by atomic mass is 16.7. The summed E-state index contributed by atoms with van der Waals surface area (Å²) in [4.78, 5) is 58.4. The third-order valence-electron chi connectivity index (χ3n) is 4.60. The molecule has 0 spiro atoms. The molecule has 2 fully saturated rings. The Labute approximate surface area is 184 Å². The van der Waals surface area contributed by atoms with Crippen LogP contribution in [-0.4, -0.2) is 79.4 Å². The Bertz CT molecular complexity index is 734. The van der Waals surface area contributed by atoms with Crippen molar-refractivity contribution in [2.75, 3.05) is 6.61 Å². The molecule has 2 rings (SSSR count). The van der Waals surface area contributed by atoms with E-state index in [0.717, 1.165) is 20.8 Å². The molecule has 0 amide bonds. The maximum absolute atomic E-state index is 11.8. The second kappa shape index (κ2) is 11.2. The molecule has 0 unspecified atom stereocenters. The number of rotatable bonds is 7. The molecule has 0 radical (unpaired) electrons. The van der Waals surface area contributed by atoms with Crippen molar-refractivity contribution in [3.63, 3.8) is 0 Å². The lowest BCUT2D eigenvalue weighted by atomic mass is 9.97. The van der Waals surface area contributed by atoms with E-state index in [-0.39, 0.29) is 13.0 Å². The standard InChI is InChI=1S/C20H28O12/c1-9-6-14(7-16(25)27-9)31-20-19(30-13(5)24)18(29-12(4)23)17(28-11(3)22)15(32-20)8-26-10(2)21/h9,14-15,17-20H,6-8H2,1-5H3/t9-,14-,15+,17+,18-,19+,20+/m0/s1. The molecule has 2 aliphatic rings. The van der Waals surface area contributed by atoms with Crippen molar-refractivity contribution >= 4 is 29.8 Å². The fourth-order valence-corrected chi connectivity index (χ4v) is 3.55. The minimum atomic E-state index is -1.33. The first-order chi connectivity index (χ1) is 15.0. The fourth-order valence-electron chi connectivity index (χ4n) is 3.55. The molecule has 0 aromatic carbocycles. The van der Waals surface area contributed by atoms with Crippen LogP contribution in [0.15, 0.2) is 0 Å². The van der Waals surface area contributed by atoms with Gasteiger partial charge in [-0.3, -0.25) is 24.0 Å². The zero-order chi connectivity index (χ0) is 24.0. The van der Waals surface area contributed by atoms with Gasteiger partial charge in [0.1, 0.15) is 18.8 Å². The number of cyclic esters (lactones) is 1. The zero-order valence-electron chi connectivity index (χ0n) is 18.6. The summed E-state index contributed by atoms with van der Waals surface area (Å²) in [7, 11) is 0. The van der Waals surface area contributed by atoms with Gasteiger partial charge >= 0.3 is 29.8 Å². The molecule has 0 bridgehead atoms. The first kappa shape index (κ1) is 25.5. The average Bonchev–Trinajstić information content (AvgIpc) is 2.63. The molecule has 7 atom stereocenters. The van der Waals surface area contributed by atoms with E-state index in [1.807, 2.05) is 0 Å². The number of esters is 5. The van der Waals surface area contributed by atoms with Crippen LogP contribution in [0.5, 0.6) is 0 Å². The van der Waals surface area contributed by atoms with Gasteiger partial charge in [-0.05, 0) is 6.92 Å². The third-order valence-corrected chi connectivity index (χ3v) is 4.60. The van der Waals surface area contributed by atoms with Gasteiger partial charge in [0.2, 0.25) is 0 Å². The van der Waals surface area contributed by atoms with Crippen LogP contribution in [0.1, 0.15) is 47.5 Å². The van der Waals surface area contributed by atoms with E-state index in [0.29, 0.717) is 6.42 Å². The molecule has 0 saturated carbocycles. The second-order valence-corrected chi connectivity index (χ2v) is 7.57. The Morgan fingerprint density at radius 1 is 0.875 bits per heavy atom. The van der Waals surface area contributed by atoms with E-state index in [9.17, 15) is 24.0 Å². The van der Waals surface area contributed by atoms with E-state index in [1.54, 1.807) is 6.92 Å². The highest BCUT2D eigenvalue weighted by Gasteiger charge is 2.53. The molecule has 12 nitrogen and oxygen atoms in total. The first-order valence-corrected chi connectivity index (χ1v) is 10.1. The van der Waals surface area contributed by atoms with Crippen LogP contribution in [0.3, 0.4) is 0 Å². The van der Waals surface area contributed by atoms with Crippen LogP contribution in [0.2, 0.25) is 0 Å². The predicted octanol–water partition coefficient (Wildman–Crippen LogP) is 0.180. The summed E-state index contributed by atoms with van der Waals surface area (Å²) in [6, 6.07) is 0. The summed E-state index contributed by atoms with van der Waals surface area (Å²) >= 11 is 0. The van der Waals surface area contributed by atoms with Crippen LogP contribution < -0.4 is 0 Å². The highest BCUT2D eigenvalue weighted by Crippen LogP contribution is 2.32. The van der Waals surface area contributed by atoms with Crippen molar-refractivity contribution in [1.29, 1.82) is 0 Å². The molecule has 2 aliphatic heterocycles. The van der Waals surface area contributed by atoms with Gasteiger partial charge in [0.25, 0.3) is 0 Å². The maximum atomic E-state index is 11.8. The summed E-state index contributed by atoms with van der Waals surface area (Å²) in [5.41, 5.74) is 0. The largest absolute Gasteiger partial charge is 0.463 e. The van der Waals surface area contributed by atoms with Crippen molar-refractivity contribution in [3.05, 3.63) is 0 Å². The van der Waals surface area contributed by atoms with E-state index in [1.165, 1.54) is 6.92 Å². The van der Waals surface area contributed by atoms with Gasteiger partial charge in [-0.1, -0.05) is 0 Å². The van der Waals surface area contributed by atoms with Gasteiger partial charge in [-0.2, -0.15) is 0 Å². The van der Waals surface area contributed by atoms with Gasteiger partial charge < -0.3 is 33.2 Å². The Balaban J connectivity index is 2.38. The molecule has 12 heteroatoms. The van der Waals surface area contributed by atoms with E-state index >= 15 is 0 Å². The minimum absolute atomic E-state index is 0.0722. The van der Waals surface area contributed by atoms with Gasteiger partial charge in [0.05, 0.1) is 12.5 Å². The van der Waals surface area contributed by atoms with Gasteiger partial charge in [0, 0.05) is 34.1 Å². The number of carbonyl (C=O) groups is 5. The summed E-state index contributed by atoms with van der Waals surface area (Å²) in [6.45, 7) is 5.90. The normalized spacial score (nSPS) is 32.3. The quantitative estimate of drug-likeness (QED) is 0.376. The van der Waals surface area contributed by atoms with Crippen molar-refractivity contribution in [3.8, 4) is 0 Å². The molecule has 2 saturated heterocycles. The first-order valence-electron chi connectivity index (χ1n) is 10.1. The number of hydrogen-bond donors (Lipinski definition) is 0. The number of carbonyl (C=O) groups excluding carboxylic acids is 5. The van der Waals surface area contributed by atoms with Crippen molar-refractivity contribution in [2.24, 2.45) is 0 Å². The van der Waals surface area contributed by atoms with Crippen molar-refractivity contribution < 1.29 is 57.1 Å². The molecule has 0 N–H and O–H groups in total. The van der Waals surface area contributed by atoms with E-state index < -0.39 is 72.8 Å². The molecule has 32 heavy (non-hydrogen) atoms. The van der Waals surface area contributed by atoms with Crippen LogP contribution in [0.25, 0.3) is 0 Å². The van der Waals surface area contributed by atoms with Crippen molar-refractivity contribution in [2.45, 2.75) is 90.4 Å². The minimum Gasteiger partial charge on any atom is -0.463 e. The zero-order valence-corrected chi connectivity index (χ0v) is 18.6. The molecule has 0 aliphatic carbocycles.